The highest BCUT2D eigenvalue weighted by Crippen LogP contribution is 2.29. The number of benzene rings is 2. The van der Waals surface area contributed by atoms with Crippen LogP contribution in [0.4, 0.5) is 0 Å². The van der Waals surface area contributed by atoms with E-state index in [1.165, 1.54) is 11.4 Å². The van der Waals surface area contributed by atoms with E-state index in [9.17, 15) is 18.0 Å². The van der Waals surface area contributed by atoms with Gasteiger partial charge in [0.1, 0.15) is 10.6 Å². The first-order valence-corrected chi connectivity index (χ1v) is 11.9. The molecule has 8 nitrogen and oxygen atoms in total. The van der Waals surface area contributed by atoms with Gasteiger partial charge in [0.2, 0.25) is 21.8 Å². The standard InChI is InChI=1S/C23H29N3O5S/c1-17-8-9-20(31-2)21(14-17)32(29,30)26(15-18-6-4-3-5-7-18)16-22(27)25-12-10-19(11-13-25)23(24)28/h3-9,14,19H,10-13,15-16H2,1-2H3,(H2,24,28). The van der Waals surface area contributed by atoms with Crippen LogP contribution in [-0.4, -0.2) is 56.2 Å². The van der Waals surface area contributed by atoms with Gasteiger partial charge in [-0.3, -0.25) is 9.59 Å². The van der Waals surface area contributed by atoms with Crippen molar-refractivity contribution in [2.45, 2.75) is 31.2 Å². The quantitative estimate of drug-likeness (QED) is 0.649. The number of piperidine rings is 1. The number of nitrogens with two attached hydrogens (primary N) is 1. The Morgan fingerprint density at radius 2 is 1.78 bits per heavy atom. The molecule has 0 bridgehead atoms. The zero-order chi connectivity index (χ0) is 23.3. The zero-order valence-electron chi connectivity index (χ0n) is 18.4. The summed E-state index contributed by atoms with van der Waals surface area (Å²) in [5, 5.41) is 0. The van der Waals surface area contributed by atoms with Gasteiger partial charge in [0.15, 0.2) is 0 Å². The monoisotopic (exact) mass is 459 g/mol. The van der Waals surface area contributed by atoms with Crippen molar-refractivity contribution in [1.82, 2.24) is 9.21 Å². The summed E-state index contributed by atoms with van der Waals surface area (Å²) in [4.78, 5) is 26.1. The van der Waals surface area contributed by atoms with Crippen LogP contribution in [0, 0.1) is 12.8 Å². The minimum absolute atomic E-state index is 0.0242. The molecule has 0 radical (unpaired) electrons. The molecular formula is C23H29N3O5S. The van der Waals surface area contributed by atoms with Gasteiger partial charge in [-0.15, -0.1) is 0 Å². The summed E-state index contributed by atoms with van der Waals surface area (Å²) >= 11 is 0. The lowest BCUT2D eigenvalue weighted by molar-refractivity contribution is -0.135. The first-order chi connectivity index (χ1) is 15.2. The number of hydrogen-bond donors (Lipinski definition) is 1. The number of carbonyl (C=O) groups is 2. The van der Waals surface area contributed by atoms with Gasteiger partial charge in [0, 0.05) is 25.6 Å². The summed E-state index contributed by atoms with van der Waals surface area (Å²) in [6, 6.07) is 14.1. The number of sulfonamides is 1. The van der Waals surface area contributed by atoms with Crippen molar-refractivity contribution >= 4 is 21.8 Å². The Kier molecular flexibility index (Phi) is 7.52. The van der Waals surface area contributed by atoms with Crippen molar-refractivity contribution < 1.29 is 22.7 Å². The molecule has 1 aliphatic rings. The smallest absolute Gasteiger partial charge is 0.247 e. The van der Waals surface area contributed by atoms with Gasteiger partial charge in [-0.2, -0.15) is 4.31 Å². The second-order valence-corrected chi connectivity index (χ2v) is 9.88. The third kappa shape index (κ3) is 5.46. The van der Waals surface area contributed by atoms with E-state index >= 15 is 0 Å². The molecule has 1 saturated heterocycles. The lowest BCUT2D eigenvalue weighted by atomic mass is 9.96. The molecular weight excluding hydrogens is 430 g/mol. The highest BCUT2D eigenvalue weighted by Gasteiger charge is 2.33. The minimum atomic E-state index is -4.04. The topological polar surface area (TPSA) is 110 Å². The van der Waals surface area contributed by atoms with Gasteiger partial charge in [-0.05, 0) is 43.0 Å². The highest BCUT2D eigenvalue weighted by molar-refractivity contribution is 7.89. The van der Waals surface area contributed by atoms with Gasteiger partial charge >= 0.3 is 0 Å². The van der Waals surface area contributed by atoms with Gasteiger partial charge in [-0.25, -0.2) is 8.42 Å². The molecule has 32 heavy (non-hydrogen) atoms. The molecule has 0 atom stereocenters. The van der Waals surface area contributed by atoms with Crippen molar-refractivity contribution in [3.8, 4) is 5.75 Å². The maximum atomic E-state index is 13.6. The van der Waals surface area contributed by atoms with Crippen molar-refractivity contribution in [2.24, 2.45) is 11.7 Å². The largest absolute Gasteiger partial charge is 0.495 e. The molecule has 0 spiro atoms. The second kappa shape index (κ2) is 10.1. The number of carbonyl (C=O) groups excluding carboxylic acids is 2. The van der Waals surface area contributed by atoms with E-state index in [2.05, 4.69) is 0 Å². The van der Waals surface area contributed by atoms with Crippen LogP contribution in [0.3, 0.4) is 0 Å². The minimum Gasteiger partial charge on any atom is -0.495 e. The number of likely N-dealkylation sites (tertiary alicyclic amines) is 1. The number of aryl methyl sites for hydroxylation is 1. The fraction of sp³-hybridized carbons (Fsp3) is 0.391. The van der Waals surface area contributed by atoms with E-state index in [4.69, 9.17) is 10.5 Å². The maximum Gasteiger partial charge on any atom is 0.247 e. The summed E-state index contributed by atoms with van der Waals surface area (Å²) < 4.78 is 33.8. The molecule has 9 heteroatoms. The Labute approximate surface area is 189 Å². The summed E-state index contributed by atoms with van der Waals surface area (Å²) in [6.45, 7) is 2.28. The normalized spacial score (nSPS) is 15.0. The fourth-order valence-corrected chi connectivity index (χ4v) is 5.42. The van der Waals surface area contributed by atoms with Gasteiger partial charge in [0.05, 0.1) is 13.7 Å². The number of amides is 2. The summed E-state index contributed by atoms with van der Waals surface area (Å²) in [7, 11) is -2.62. The Bertz CT molecular complexity index is 1060. The van der Waals surface area contributed by atoms with Crippen molar-refractivity contribution in [2.75, 3.05) is 26.7 Å². The van der Waals surface area contributed by atoms with Crippen molar-refractivity contribution in [3.63, 3.8) is 0 Å². The summed E-state index contributed by atoms with van der Waals surface area (Å²) in [5.41, 5.74) is 6.91. The molecule has 0 saturated carbocycles. The van der Waals surface area contributed by atoms with Gasteiger partial charge < -0.3 is 15.4 Å². The molecule has 3 rings (SSSR count). The lowest BCUT2D eigenvalue weighted by Crippen LogP contribution is -2.47. The molecule has 0 aliphatic carbocycles. The molecule has 1 aliphatic heterocycles. The number of hydrogen-bond acceptors (Lipinski definition) is 5. The molecule has 2 amide bonds. The van der Waals surface area contributed by atoms with Crippen LogP contribution in [0.1, 0.15) is 24.0 Å². The van der Waals surface area contributed by atoms with Crippen molar-refractivity contribution in [3.05, 3.63) is 59.7 Å². The van der Waals surface area contributed by atoms with Crippen LogP contribution in [-0.2, 0) is 26.2 Å². The fourth-order valence-electron chi connectivity index (χ4n) is 3.80. The van der Waals surface area contributed by atoms with Crippen LogP contribution >= 0.6 is 0 Å². The lowest BCUT2D eigenvalue weighted by Gasteiger charge is -2.32. The molecule has 1 fully saturated rings. The Balaban J connectivity index is 1.88. The van der Waals surface area contributed by atoms with E-state index in [0.29, 0.717) is 25.9 Å². The van der Waals surface area contributed by atoms with E-state index in [-0.39, 0.29) is 41.5 Å². The van der Waals surface area contributed by atoms with Crippen LogP contribution in [0.25, 0.3) is 0 Å². The molecule has 2 N–H and O–H groups in total. The summed E-state index contributed by atoms with van der Waals surface area (Å²) in [5.74, 6) is -0.695. The number of nitrogens with zero attached hydrogens (tertiary/aromatic N) is 2. The van der Waals surface area contributed by atoms with Crippen LogP contribution in [0.15, 0.2) is 53.4 Å². The molecule has 1 heterocycles. The van der Waals surface area contributed by atoms with Gasteiger partial charge in [-0.1, -0.05) is 36.4 Å². The molecule has 0 aromatic heterocycles. The predicted molar refractivity (Wildman–Crippen MR) is 120 cm³/mol. The second-order valence-electron chi connectivity index (χ2n) is 7.97. The third-order valence-electron chi connectivity index (χ3n) is 5.70. The van der Waals surface area contributed by atoms with E-state index in [1.807, 2.05) is 30.3 Å². The van der Waals surface area contributed by atoms with E-state index in [0.717, 1.165) is 11.1 Å². The van der Waals surface area contributed by atoms with Crippen molar-refractivity contribution in [1.29, 1.82) is 0 Å². The molecule has 2 aromatic carbocycles. The average Bonchev–Trinajstić information content (AvgIpc) is 2.79. The summed E-state index contributed by atoms with van der Waals surface area (Å²) in [6.07, 6.45) is 0.969. The third-order valence-corrected chi connectivity index (χ3v) is 7.51. The van der Waals surface area contributed by atoms with E-state index < -0.39 is 10.0 Å². The van der Waals surface area contributed by atoms with Gasteiger partial charge in [0.25, 0.3) is 0 Å². The molecule has 2 aromatic rings. The predicted octanol–water partition coefficient (Wildman–Crippen LogP) is 1.92. The first-order valence-electron chi connectivity index (χ1n) is 10.5. The van der Waals surface area contributed by atoms with E-state index in [1.54, 1.807) is 30.0 Å². The SMILES string of the molecule is COc1ccc(C)cc1S(=O)(=O)N(CC(=O)N1CCC(C(N)=O)CC1)Cc1ccccc1. The zero-order valence-corrected chi connectivity index (χ0v) is 19.2. The highest BCUT2D eigenvalue weighted by atomic mass is 32.2. The van der Waals surface area contributed by atoms with Crippen LogP contribution < -0.4 is 10.5 Å². The first kappa shape index (κ1) is 23.7. The number of methoxy groups -OCH3 is 1. The number of primary amides is 1. The Morgan fingerprint density at radius 1 is 1.12 bits per heavy atom. The molecule has 172 valence electrons. The number of rotatable bonds is 8. The molecule has 0 unspecified atom stereocenters. The number of ether oxygens (including phenoxy) is 1. The maximum absolute atomic E-state index is 13.6. The average molecular weight is 460 g/mol. The van der Waals surface area contributed by atoms with Crippen LogP contribution in [0.2, 0.25) is 0 Å². The Morgan fingerprint density at radius 3 is 2.38 bits per heavy atom. The Hall–Kier alpha value is -2.91. The van der Waals surface area contributed by atoms with Crippen LogP contribution in [0.5, 0.6) is 5.75 Å².